The van der Waals surface area contributed by atoms with Gasteiger partial charge in [-0.3, -0.25) is 14.5 Å². The van der Waals surface area contributed by atoms with Gasteiger partial charge in [0.2, 0.25) is 5.78 Å². The Balaban J connectivity index is 1.79. The third-order valence-corrected chi connectivity index (χ3v) is 15.3. The molecule has 0 fully saturated rings. The van der Waals surface area contributed by atoms with E-state index in [1.54, 1.807) is 0 Å². The molecule has 13 heteroatoms. The molecule has 3 aliphatic carbocycles. The van der Waals surface area contributed by atoms with E-state index in [0.29, 0.717) is 31.0 Å². The summed E-state index contributed by atoms with van der Waals surface area (Å²) in [5.41, 5.74) is -0.878. The molecule has 0 bridgehead atoms. The number of ketones is 2. The van der Waals surface area contributed by atoms with Crippen molar-refractivity contribution < 1.29 is 38.2 Å². The number of carbonyl (C=O) groups is 2. The monoisotopic (exact) mass is 703 g/mol. The van der Waals surface area contributed by atoms with Crippen LogP contribution in [0.3, 0.4) is 0 Å². The maximum atomic E-state index is 15.2. The molecule has 2 heterocycles. The highest BCUT2D eigenvalue weighted by atomic mass is 35.5. The molecule has 48 heavy (non-hydrogen) atoms. The number of aromatic nitrogens is 2. The molecule has 0 spiro atoms. The molecular formula is C35H50ClN3O8Si. The van der Waals surface area contributed by atoms with Gasteiger partial charge in [0.25, 0.3) is 5.88 Å². The largest absolute Gasteiger partial charge is 0.508 e. The van der Waals surface area contributed by atoms with E-state index in [1.165, 1.54) is 0 Å². The average Bonchev–Trinajstić information content (AvgIpc) is 3.42. The van der Waals surface area contributed by atoms with Crippen LogP contribution in [-0.4, -0.2) is 78.0 Å². The summed E-state index contributed by atoms with van der Waals surface area (Å²) < 4.78 is 25.2. The average molecular weight is 704 g/mol. The number of aliphatic hydroxyl groups is 2. The highest BCUT2D eigenvalue weighted by Crippen LogP contribution is 2.60. The summed E-state index contributed by atoms with van der Waals surface area (Å²) in [6.07, 6.45) is 3.80. The van der Waals surface area contributed by atoms with E-state index in [4.69, 9.17) is 30.0 Å². The fraction of sp³-hybridized carbons (Fsp3) is 0.657. The molecule has 264 valence electrons. The molecule has 0 radical (unpaired) electrons. The third-order valence-electron chi connectivity index (χ3n) is 10.6. The number of nitrogens with zero attached hydrogens (tertiary/aromatic N) is 3. The Hall–Kier alpha value is -2.77. The van der Waals surface area contributed by atoms with Crippen molar-refractivity contribution in [3.8, 4) is 11.6 Å². The van der Waals surface area contributed by atoms with Crippen molar-refractivity contribution in [3.63, 3.8) is 0 Å². The van der Waals surface area contributed by atoms with E-state index >= 15 is 4.79 Å². The second-order valence-electron chi connectivity index (χ2n) is 15.0. The van der Waals surface area contributed by atoms with E-state index in [1.807, 2.05) is 45.9 Å². The molecule has 0 unspecified atom stereocenters. The highest BCUT2D eigenvalue weighted by molar-refractivity contribution is 6.74. The first-order valence-electron chi connectivity index (χ1n) is 17.0. The molecule has 2 aromatic rings. The van der Waals surface area contributed by atoms with Gasteiger partial charge in [-0.1, -0.05) is 59.1 Å². The van der Waals surface area contributed by atoms with Crippen molar-refractivity contribution >= 4 is 31.5 Å². The van der Waals surface area contributed by atoms with Crippen LogP contribution in [0.15, 0.2) is 15.9 Å². The lowest BCUT2D eigenvalue weighted by Gasteiger charge is -2.55. The fourth-order valence-corrected chi connectivity index (χ4v) is 8.80. The van der Waals surface area contributed by atoms with Crippen molar-refractivity contribution in [2.75, 3.05) is 27.3 Å². The summed E-state index contributed by atoms with van der Waals surface area (Å²) in [6.45, 7) is 14.5. The zero-order chi connectivity index (χ0) is 35.3. The number of aliphatic hydroxyl groups excluding tert-OH is 2. The van der Waals surface area contributed by atoms with Crippen LogP contribution in [0, 0.1) is 11.8 Å². The molecule has 0 amide bonds. The standard InChI is InChI=1S/C35H50ClN3O8Si/c1-10-12-14-44-28-22(18-40)37-32(36)20-16-19-17-21-26(39(6)7)29-25(33(38-46-29)45-15-13-11-2)31(43)35(21,47-48(8,9)34(3,4)5)30(42)23(19)27(41)24(20)28/h19,21,26,40,42H,10-18H2,1-9H3/t19-,21-,26-,35-/m0/s1. The predicted molar refractivity (Wildman–Crippen MR) is 184 cm³/mol. The second kappa shape index (κ2) is 13.5. The molecule has 11 nitrogen and oxygen atoms in total. The van der Waals surface area contributed by atoms with Crippen LogP contribution in [0.1, 0.15) is 110 Å². The van der Waals surface area contributed by atoms with Crippen LogP contribution in [0.4, 0.5) is 0 Å². The van der Waals surface area contributed by atoms with Gasteiger partial charge in [0.1, 0.15) is 22.2 Å². The molecule has 4 atom stereocenters. The van der Waals surface area contributed by atoms with Crippen molar-refractivity contribution in [2.45, 2.75) is 110 Å². The minimum absolute atomic E-state index is 0.0595. The van der Waals surface area contributed by atoms with Crippen molar-refractivity contribution in [2.24, 2.45) is 11.8 Å². The molecule has 0 saturated heterocycles. The Morgan fingerprint density at radius 2 is 1.73 bits per heavy atom. The first-order valence-corrected chi connectivity index (χ1v) is 20.3. The van der Waals surface area contributed by atoms with Gasteiger partial charge in [-0.25, -0.2) is 4.98 Å². The molecular weight excluding hydrogens is 654 g/mol. The molecule has 2 aromatic heterocycles. The first kappa shape index (κ1) is 36.5. The summed E-state index contributed by atoms with van der Waals surface area (Å²) >= 11 is 6.69. The van der Waals surface area contributed by atoms with E-state index in [2.05, 4.69) is 30.9 Å². The summed E-state index contributed by atoms with van der Waals surface area (Å²) in [4.78, 5) is 36.3. The van der Waals surface area contributed by atoms with Crippen LogP contribution < -0.4 is 9.47 Å². The fourth-order valence-electron chi connectivity index (χ4n) is 7.07. The van der Waals surface area contributed by atoms with Crippen LogP contribution in [0.5, 0.6) is 11.6 Å². The molecule has 2 N–H and O–H groups in total. The number of carbonyl (C=O) groups excluding carboxylic acids is 2. The Kier molecular flexibility index (Phi) is 10.3. The highest BCUT2D eigenvalue weighted by Gasteiger charge is 2.67. The summed E-state index contributed by atoms with van der Waals surface area (Å²) in [5.74, 6) is -2.01. The maximum absolute atomic E-state index is 15.2. The number of hydrogen-bond donors (Lipinski definition) is 2. The molecule has 0 aliphatic heterocycles. The van der Waals surface area contributed by atoms with Gasteiger partial charge in [-0.05, 0) is 69.0 Å². The van der Waals surface area contributed by atoms with Gasteiger partial charge in [-0.2, -0.15) is 0 Å². The smallest absolute Gasteiger partial charge is 0.265 e. The number of halogens is 1. The minimum Gasteiger partial charge on any atom is -0.508 e. The van der Waals surface area contributed by atoms with Crippen LogP contribution in [0.2, 0.25) is 23.3 Å². The minimum atomic E-state index is -2.84. The number of ether oxygens (including phenoxy) is 2. The normalized spacial score (nSPS) is 24.0. The number of unbranched alkanes of at least 4 members (excludes halogenated alkanes) is 2. The van der Waals surface area contributed by atoms with E-state index in [-0.39, 0.29) is 50.6 Å². The van der Waals surface area contributed by atoms with E-state index in [9.17, 15) is 15.0 Å². The van der Waals surface area contributed by atoms with Crippen LogP contribution in [-0.2, 0) is 17.5 Å². The third kappa shape index (κ3) is 5.81. The summed E-state index contributed by atoms with van der Waals surface area (Å²) in [6, 6.07) is -0.544. The zero-order valence-corrected chi connectivity index (χ0v) is 31.4. The van der Waals surface area contributed by atoms with Crippen molar-refractivity contribution in [1.29, 1.82) is 0 Å². The van der Waals surface area contributed by atoms with E-state index < -0.39 is 55.7 Å². The SMILES string of the molecule is CCCCOc1noc2c1C(=O)[C@@]1(O[Si](C)(C)C(C)(C)C)C(O)=C3C(=O)c4c(c(Cl)nc(CO)c4OCCCC)C[C@H]3C[C@H]1[C@@H]2N(C)C. The number of rotatable bonds is 12. The number of fused-ring (bicyclic) bond motifs is 4. The Labute approximate surface area is 289 Å². The number of Topliss-reactive ketones (excluding diaryl/α,β-unsaturated/α-hetero) is 2. The molecule has 0 saturated carbocycles. The summed E-state index contributed by atoms with van der Waals surface area (Å²) in [7, 11) is 0.931. The van der Waals surface area contributed by atoms with E-state index in [0.717, 1.165) is 25.7 Å². The van der Waals surface area contributed by atoms with Crippen LogP contribution in [0.25, 0.3) is 0 Å². The molecule has 5 rings (SSSR count). The van der Waals surface area contributed by atoms with Crippen LogP contribution >= 0.6 is 11.6 Å². The summed E-state index contributed by atoms with van der Waals surface area (Å²) in [5, 5.41) is 26.9. The van der Waals surface area contributed by atoms with Gasteiger partial charge in [0, 0.05) is 17.1 Å². The van der Waals surface area contributed by atoms with Gasteiger partial charge in [0.15, 0.2) is 31.2 Å². The lowest BCUT2D eigenvalue weighted by atomic mass is 9.58. The Morgan fingerprint density at radius 1 is 1.08 bits per heavy atom. The Bertz CT molecular complexity index is 1610. The second-order valence-corrected chi connectivity index (χ2v) is 20.1. The van der Waals surface area contributed by atoms with Gasteiger partial charge in [-0.15, -0.1) is 0 Å². The van der Waals surface area contributed by atoms with Gasteiger partial charge < -0.3 is 28.6 Å². The topological polar surface area (TPSA) is 144 Å². The lowest BCUT2D eigenvalue weighted by Crippen LogP contribution is -2.65. The maximum Gasteiger partial charge on any atom is 0.265 e. The quantitative estimate of drug-likeness (QED) is 0.134. The number of hydrogen-bond acceptors (Lipinski definition) is 11. The lowest BCUT2D eigenvalue weighted by molar-refractivity contribution is -0.0480. The first-order chi connectivity index (χ1) is 22.6. The van der Waals surface area contributed by atoms with Crippen molar-refractivity contribution in [1.82, 2.24) is 15.0 Å². The molecule has 0 aromatic carbocycles. The zero-order valence-electron chi connectivity index (χ0n) is 29.7. The van der Waals surface area contributed by atoms with Crippen molar-refractivity contribution in [3.05, 3.63) is 44.6 Å². The van der Waals surface area contributed by atoms with Gasteiger partial charge >= 0.3 is 0 Å². The van der Waals surface area contributed by atoms with Gasteiger partial charge in [0.05, 0.1) is 31.4 Å². The predicted octanol–water partition coefficient (Wildman–Crippen LogP) is 7.02. The number of pyridine rings is 1. The molecule has 3 aliphatic rings. The Morgan fingerprint density at radius 3 is 2.31 bits per heavy atom. The number of allylic oxidation sites excluding steroid dienone is 1.